The van der Waals surface area contributed by atoms with Crippen LogP contribution in [0.2, 0.25) is 0 Å². The van der Waals surface area contributed by atoms with E-state index in [0.717, 1.165) is 0 Å². The van der Waals surface area contributed by atoms with Crippen LogP contribution in [0.3, 0.4) is 0 Å². The molecular formula is H3NaO3SZn. The predicted molar refractivity (Wildman–Crippen MR) is 20.1 cm³/mol. The van der Waals surface area contributed by atoms with Crippen molar-refractivity contribution < 1.29 is 32.4 Å². The smallest absolute Gasteiger partial charge is 0 e. The Balaban J connectivity index is -0.0000000450. The third kappa shape index (κ3) is 48.4. The molecule has 0 aliphatic heterocycles. The summed E-state index contributed by atoms with van der Waals surface area (Å²) in [5.74, 6) is 0. The molecule has 0 saturated heterocycles. The Bertz CT molecular complexity index is 59.2. The molecule has 0 aromatic heterocycles. The molecule has 6 heteroatoms. The van der Waals surface area contributed by atoms with Gasteiger partial charge in [0.15, 0.2) is 0 Å². The van der Waals surface area contributed by atoms with Gasteiger partial charge in [0.05, 0.1) is 0 Å². The van der Waals surface area contributed by atoms with Crippen LogP contribution < -0.4 is 0 Å². The van der Waals surface area contributed by atoms with Gasteiger partial charge in [-0.15, -0.1) is 0 Å². The molecule has 0 fully saturated rings. The van der Waals surface area contributed by atoms with Gasteiger partial charge >= 0.3 is 29.6 Å². The second-order valence-corrected chi connectivity index (χ2v) is 0.714. The molecule has 30 valence electrons. The zero-order valence-corrected chi connectivity index (χ0v) is 6.28. The molecule has 0 radical (unpaired) electrons. The summed E-state index contributed by atoms with van der Waals surface area (Å²) in [7, 11) is -3.12. The summed E-state index contributed by atoms with van der Waals surface area (Å²) in [6.07, 6.45) is 0. The zero-order chi connectivity index (χ0) is 3.58. The van der Waals surface area contributed by atoms with Crippen LogP contribution in [0, 0.1) is 0 Å². The molecule has 0 aromatic rings. The molecule has 0 heterocycles. The fourth-order valence-corrected chi connectivity index (χ4v) is 0. The average Bonchev–Trinajstić information content (AvgIpc) is 0.811. The van der Waals surface area contributed by atoms with Crippen molar-refractivity contribution in [2.45, 2.75) is 0 Å². The van der Waals surface area contributed by atoms with Crippen molar-refractivity contribution in [2.75, 3.05) is 0 Å². The molecule has 0 aromatic carbocycles. The van der Waals surface area contributed by atoms with E-state index in [4.69, 9.17) is 13.0 Å². The number of rotatable bonds is 0. The maximum atomic E-state index is 8.59. The molecule has 6 heavy (non-hydrogen) atoms. The van der Waals surface area contributed by atoms with E-state index >= 15 is 0 Å². The summed E-state index contributed by atoms with van der Waals surface area (Å²) in [6, 6.07) is 0. The van der Waals surface area contributed by atoms with Crippen LogP contribution in [-0.2, 0) is 30.5 Å². The second-order valence-electron chi connectivity index (χ2n) is 0.238. The number of thiol groups is 1. The van der Waals surface area contributed by atoms with E-state index in [1.54, 1.807) is 0 Å². The number of hydrogen-bond donors (Lipinski definition) is 2. The van der Waals surface area contributed by atoms with Crippen molar-refractivity contribution in [3.63, 3.8) is 0 Å². The summed E-state index contributed by atoms with van der Waals surface area (Å²) in [5, 5.41) is 0. The summed E-state index contributed by atoms with van der Waals surface area (Å²) in [4.78, 5) is 0. The van der Waals surface area contributed by atoms with Gasteiger partial charge in [-0.3, -0.25) is 4.55 Å². The normalized spacial score (nSPS) is 5.67. The number of hydrogen-bond acceptors (Lipinski definition) is 2. The first-order chi connectivity index (χ1) is 1.73. The Hall–Kier alpha value is 1.53. The Morgan fingerprint density at radius 2 is 1.33 bits per heavy atom. The summed E-state index contributed by atoms with van der Waals surface area (Å²) < 4.78 is 24.2. The van der Waals surface area contributed by atoms with Crippen molar-refractivity contribution in [2.24, 2.45) is 0 Å². The first-order valence-electron chi connectivity index (χ1n) is 0.565. The van der Waals surface area contributed by atoms with Gasteiger partial charge in [0.2, 0.25) is 0 Å². The van der Waals surface area contributed by atoms with Crippen LogP contribution in [0.5, 0.6) is 0 Å². The van der Waals surface area contributed by atoms with E-state index < -0.39 is 11.0 Å². The van der Waals surface area contributed by atoms with Crippen molar-refractivity contribution in [3.8, 4) is 0 Å². The Morgan fingerprint density at radius 3 is 1.33 bits per heavy atom. The maximum Gasteiger partial charge on any atom is 0 e. The Labute approximate surface area is 72.3 Å². The van der Waals surface area contributed by atoms with Crippen molar-refractivity contribution in [1.29, 1.82) is 0 Å². The molecule has 0 amide bonds. The van der Waals surface area contributed by atoms with Crippen LogP contribution in [-0.4, -0.2) is 42.5 Å². The van der Waals surface area contributed by atoms with E-state index in [1.807, 2.05) is 0 Å². The summed E-state index contributed by atoms with van der Waals surface area (Å²) >= 11 is 0. The molecule has 0 atom stereocenters. The Kier molecular flexibility index (Phi) is 25.4. The molecular weight excluding hydrogens is 168 g/mol. The molecule has 0 saturated carbocycles. The molecule has 0 aliphatic rings. The quantitative estimate of drug-likeness (QED) is 0.263. The van der Waals surface area contributed by atoms with Crippen LogP contribution in [0.25, 0.3) is 0 Å². The topological polar surface area (TPSA) is 54.4 Å². The van der Waals surface area contributed by atoms with Gasteiger partial charge in [-0.1, -0.05) is 0 Å². The van der Waals surface area contributed by atoms with Crippen molar-refractivity contribution in [3.05, 3.63) is 0 Å². The van der Waals surface area contributed by atoms with Gasteiger partial charge < -0.3 is 0 Å². The van der Waals surface area contributed by atoms with Crippen LogP contribution in [0.15, 0.2) is 0 Å². The fraction of sp³-hybridized carbons (Fsp3) is 0. The molecule has 0 rings (SSSR count). The predicted octanol–water partition coefficient (Wildman–Crippen LogP) is -1.58. The second kappa shape index (κ2) is 9.73. The standard InChI is InChI=1S/Na.H2O3S.Zn.H/c;1-4(2)3;;/h;4H,(H,1,2,3);;. The Morgan fingerprint density at radius 1 is 1.33 bits per heavy atom. The van der Waals surface area contributed by atoms with Crippen LogP contribution in [0.4, 0.5) is 0 Å². The van der Waals surface area contributed by atoms with E-state index in [0.29, 0.717) is 0 Å². The van der Waals surface area contributed by atoms with Gasteiger partial charge in [0.25, 0.3) is 11.0 Å². The SMILES string of the molecule is O=[SH](=O)O.[NaH].[Zn]. The molecule has 0 aliphatic carbocycles. The largest absolute Gasteiger partial charge is 0 e. The van der Waals surface area contributed by atoms with Gasteiger partial charge in [-0.05, 0) is 0 Å². The van der Waals surface area contributed by atoms with E-state index in [-0.39, 0.29) is 49.0 Å². The monoisotopic (exact) mass is 170 g/mol. The maximum absolute atomic E-state index is 8.59. The molecule has 0 spiro atoms. The first-order valence-corrected chi connectivity index (χ1v) is 1.70. The third-order valence-corrected chi connectivity index (χ3v) is 0. The molecule has 0 unspecified atom stereocenters. The fourth-order valence-electron chi connectivity index (χ4n) is 0. The molecule has 1 N–H and O–H groups in total. The molecule has 0 bridgehead atoms. The summed E-state index contributed by atoms with van der Waals surface area (Å²) in [6.45, 7) is 0. The van der Waals surface area contributed by atoms with E-state index in [9.17, 15) is 0 Å². The van der Waals surface area contributed by atoms with Gasteiger partial charge in [0.1, 0.15) is 0 Å². The minimum Gasteiger partial charge on any atom is 0 e. The van der Waals surface area contributed by atoms with Crippen LogP contribution >= 0.6 is 0 Å². The van der Waals surface area contributed by atoms with Gasteiger partial charge in [-0.2, -0.15) is 0 Å². The van der Waals surface area contributed by atoms with E-state index in [2.05, 4.69) is 0 Å². The molecule has 3 nitrogen and oxygen atoms in total. The van der Waals surface area contributed by atoms with Gasteiger partial charge in [-0.25, -0.2) is 8.42 Å². The summed E-state index contributed by atoms with van der Waals surface area (Å²) in [5.41, 5.74) is 0. The minimum atomic E-state index is -3.12. The average molecular weight is 171 g/mol. The first kappa shape index (κ1) is 15.6. The van der Waals surface area contributed by atoms with Crippen molar-refractivity contribution >= 4 is 40.5 Å². The van der Waals surface area contributed by atoms with Gasteiger partial charge in [0, 0.05) is 19.5 Å². The third-order valence-electron chi connectivity index (χ3n) is 0. The van der Waals surface area contributed by atoms with Crippen LogP contribution in [0.1, 0.15) is 0 Å². The van der Waals surface area contributed by atoms with E-state index in [1.165, 1.54) is 0 Å². The minimum absolute atomic E-state index is 0. The van der Waals surface area contributed by atoms with Crippen molar-refractivity contribution in [1.82, 2.24) is 0 Å². The zero-order valence-electron chi connectivity index (χ0n) is 2.42.